The normalized spacial score (nSPS) is 9.00. The Morgan fingerprint density at radius 3 is 1.30 bits per heavy atom. The molecule has 6 heteroatoms. The molecule has 0 amide bonds. The van der Waals surface area contributed by atoms with E-state index in [9.17, 15) is 9.59 Å². The molecule has 20 heavy (non-hydrogen) atoms. The second kappa shape index (κ2) is 17.5. The van der Waals surface area contributed by atoms with Gasteiger partial charge in [-0.1, -0.05) is 26.7 Å². The minimum absolute atomic E-state index is 0.374. The predicted octanol–water partition coefficient (Wildman–Crippen LogP) is 3.92. The number of rotatable bonds is 8. The maximum Gasteiger partial charge on any atom is 0.508 e. The third kappa shape index (κ3) is 18.9. The van der Waals surface area contributed by atoms with Crippen molar-refractivity contribution in [1.82, 2.24) is 0 Å². The Labute approximate surface area is 121 Å². The molecule has 0 heterocycles. The highest BCUT2D eigenvalue weighted by Crippen LogP contribution is 1.93. The number of ether oxygens (including phenoxy) is 4. The number of hydrogen-bond acceptors (Lipinski definition) is 6. The van der Waals surface area contributed by atoms with E-state index in [2.05, 4.69) is 9.47 Å². The molecule has 0 aliphatic carbocycles. The molecule has 0 unspecified atom stereocenters. The average molecular weight is 292 g/mol. The van der Waals surface area contributed by atoms with E-state index in [1.807, 2.05) is 13.8 Å². The van der Waals surface area contributed by atoms with Gasteiger partial charge in [0, 0.05) is 0 Å². The van der Waals surface area contributed by atoms with Crippen LogP contribution in [0.1, 0.15) is 53.4 Å². The molecule has 0 atom stereocenters. The summed E-state index contributed by atoms with van der Waals surface area (Å²) in [5.74, 6) is 0. The molecule has 0 aromatic heterocycles. The molecule has 0 aliphatic heterocycles. The van der Waals surface area contributed by atoms with E-state index in [0.29, 0.717) is 26.4 Å². The lowest BCUT2D eigenvalue weighted by atomic mass is 10.4. The van der Waals surface area contributed by atoms with Crippen molar-refractivity contribution in [3.63, 3.8) is 0 Å². The summed E-state index contributed by atoms with van der Waals surface area (Å²) in [5, 5.41) is 0. The highest BCUT2D eigenvalue weighted by Gasteiger charge is 2.01. The third-order valence-electron chi connectivity index (χ3n) is 1.96. The summed E-state index contributed by atoms with van der Waals surface area (Å²) in [6.45, 7) is 9.26. The van der Waals surface area contributed by atoms with E-state index < -0.39 is 12.3 Å². The van der Waals surface area contributed by atoms with Crippen LogP contribution in [-0.2, 0) is 18.9 Å². The van der Waals surface area contributed by atoms with Gasteiger partial charge in [-0.3, -0.25) is 0 Å². The van der Waals surface area contributed by atoms with Gasteiger partial charge in [-0.2, -0.15) is 0 Å². The Morgan fingerprint density at radius 1 is 0.650 bits per heavy atom. The fraction of sp³-hybridized carbons (Fsp3) is 0.857. The number of carbonyl (C=O) groups excluding carboxylic acids is 2. The van der Waals surface area contributed by atoms with Gasteiger partial charge >= 0.3 is 12.3 Å². The molecule has 0 spiro atoms. The summed E-state index contributed by atoms with van der Waals surface area (Å²) in [6.07, 6.45) is 2.75. The molecule has 0 bridgehead atoms. The van der Waals surface area contributed by atoms with Crippen LogP contribution in [0, 0.1) is 0 Å². The Kier molecular flexibility index (Phi) is 18.3. The molecular weight excluding hydrogens is 264 g/mol. The summed E-state index contributed by atoms with van der Waals surface area (Å²) in [5.41, 5.74) is 0. The lowest BCUT2D eigenvalue weighted by molar-refractivity contribution is 0.0535. The topological polar surface area (TPSA) is 71.1 Å². The van der Waals surface area contributed by atoms with Crippen LogP contribution < -0.4 is 0 Å². The minimum Gasteiger partial charge on any atom is -0.435 e. The van der Waals surface area contributed by atoms with Crippen LogP contribution in [0.25, 0.3) is 0 Å². The average Bonchev–Trinajstić information content (AvgIpc) is 2.41. The van der Waals surface area contributed by atoms with Gasteiger partial charge in [-0.05, 0) is 26.7 Å². The molecule has 0 radical (unpaired) electrons. The Balaban J connectivity index is 0. The SMILES string of the molecule is CCCCOC(=O)OCCCC.CCOC(=O)OCC. The summed E-state index contributed by atoms with van der Waals surface area (Å²) < 4.78 is 18.4. The zero-order valence-electron chi connectivity index (χ0n) is 13.1. The fourth-order valence-electron chi connectivity index (χ4n) is 0.919. The van der Waals surface area contributed by atoms with E-state index in [0.717, 1.165) is 25.7 Å². The number of hydrogen-bond donors (Lipinski definition) is 0. The zero-order chi connectivity index (χ0) is 15.6. The van der Waals surface area contributed by atoms with E-state index >= 15 is 0 Å². The second-order valence-corrected chi connectivity index (χ2v) is 3.77. The first-order chi connectivity index (χ1) is 9.62. The van der Waals surface area contributed by atoms with Crippen molar-refractivity contribution >= 4 is 12.3 Å². The maximum absolute atomic E-state index is 10.7. The van der Waals surface area contributed by atoms with Crippen molar-refractivity contribution in [2.24, 2.45) is 0 Å². The summed E-state index contributed by atoms with van der Waals surface area (Å²) in [7, 11) is 0. The number of carbonyl (C=O) groups is 2. The summed E-state index contributed by atoms with van der Waals surface area (Å²) in [6, 6.07) is 0. The lowest BCUT2D eigenvalue weighted by Gasteiger charge is -2.04. The quantitative estimate of drug-likeness (QED) is 0.499. The van der Waals surface area contributed by atoms with Crippen LogP contribution in [-0.4, -0.2) is 38.7 Å². The molecule has 0 aromatic rings. The first-order valence-electron chi connectivity index (χ1n) is 7.21. The van der Waals surface area contributed by atoms with Crippen LogP contribution in [0.4, 0.5) is 9.59 Å². The second-order valence-electron chi connectivity index (χ2n) is 3.77. The van der Waals surface area contributed by atoms with Crippen molar-refractivity contribution in [3.05, 3.63) is 0 Å². The molecule has 0 rings (SSSR count). The standard InChI is InChI=1S/C9H18O3.C5H10O3/c1-3-5-7-11-9(10)12-8-6-4-2;1-3-7-5(6)8-4-2/h3-8H2,1-2H3;3-4H2,1-2H3. The monoisotopic (exact) mass is 292 g/mol. The molecule has 0 aromatic carbocycles. The van der Waals surface area contributed by atoms with Crippen molar-refractivity contribution in [2.75, 3.05) is 26.4 Å². The largest absolute Gasteiger partial charge is 0.508 e. The van der Waals surface area contributed by atoms with Crippen molar-refractivity contribution in [3.8, 4) is 0 Å². The van der Waals surface area contributed by atoms with E-state index in [1.54, 1.807) is 13.8 Å². The van der Waals surface area contributed by atoms with Crippen LogP contribution in [0.2, 0.25) is 0 Å². The van der Waals surface area contributed by atoms with Gasteiger partial charge in [0.15, 0.2) is 0 Å². The molecule has 0 aliphatic rings. The molecule has 0 N–H and O–H groups in total. The Bertz CT molecular complexity index is 210. The van der Waals surface area contributed by atoms with Crippen LogP contribution in [0.5, 0.6) is 0 Å². The molecule has 0 fully saturated rings. The summed E-state index contributed by atoms with van der Waals surface area (Å²) >= 11 is 0. The maximum atomic E-state index is 10.7. The van der Waals surface area contributed by atoms with Gasteiger partial charge in [-0.25, -0.2) is 9.59 Å². The fourth-order valence-corrected chi connectivity index (χ4v) is 0.919. The van der Waals surface area contributed by atoms with Gasteiger partial charge < -0.3 is 18.9 Å². The Morgan fingerprint density at radius 2 is 1.00 bits per heavy atom. The molecule has 0 saturated carbocycles. The van der Waals surface area contributed by atoms with Gasteiger partial charge in [0.2, 0.25) is 0 Å². The van der Waals surface area contributed by atoms with E-state index in [1.165, 1.54) is 0 Å². The van der Waals surface area contributed by atoms with Crippen LogP contribution >= 0.6 is 0 Å². The van der Waals surface area contributed by atoms with Gasteiger partial charge in [0.25, 0.3) is 0 Å². The van der Waals surface area contributed by atoms with E-state index in [-0.39, 0.29) is 0 Å². The first kappa shape index (κ1) is 20.8. The Hall–Kier alpha value is -1.46. The zero-order valence-corrected chi connectivity index (χ0v) is 13.1. The van der Waals surface area contributed by atoms with Gasteiger partial charge in [0.1, 0.15) is 0 Å². The lowest BCUT2D eigenvalue weighted by Crippen LogP contribution is -2.09. The van der Waals surface area contributed by atoms with Crippen molar-refractivity contribution in [2.45, 2.75) is 53.4 Å². The molecule has 0 saturated heterocycles. The predicted molar refractivity (Wildman–Crippen MR) is 75.8 cm³/mol. The summed E-state index contributed by atoms with van der Waals surface area (Å²) in [4.78, 5) is 20.9. The minimum atomic E-state index is -0.588. The van der Waals surface area contributed by atoms with Gasteiger partial charge in [-0.15, -0.1) is 0 Å². The smallest absolute Gasteiger partial charge is 0.435 e. The first-order valence-corrected chi connectivity index (χ1v) is 7.21. The van der Waals surface area contributed by atoms with Crippen molar-refractivity contribution < 1.29 is 28.5 Å². The highest BCUT2D eigenvalue weighted by molar-refractivity contribution is 5.59. The molecular formula is C14H28O6. The van der Waals surface area contributed by atoms with Crippen LogP contribution in [0.15, 0.2) is 0 Å². The van der Waals surface area contributed by atoms with Crippen molar-refractivity contribution in [1.29, 1.82) is 0 Å². The highest BCUT2D eigenvalue weighted by atomic mass is 16.7. The molecule has 6 nitrogen and oxygen atoms in total. The van der Waals surface area contributed by atoms with Crippen LogP contribution in [0.3, 0.4) is 0 Å². The van der Waals surface area contributed by atoms with Gasteiger partial charge in [0.05, 0.1) is 26.4 Å². The third-order valence-corrected chi connectivity index (χ3v) is 1.96. The molecule has 120 valence electrons. The number of unbranched alkanes of at least 4 members (excludes halogenated alkanes) is 2. The van der Waals surface area contributed by atoms with E-state index in [4.69, 9.17) is 9.47 Å².